The van der Waals surface area contributed by atoms with Crippen LogP contribution in [0.25, 0.3) is 0 Å². The summed E-state index contributed by atoms with van der Waals surface area (Å²) in [5.41, 5.74) is 0. The molecule has 0 atom stereocenters. The molecule has 10 heteroatoms. The number of rotatable bonds is 29. The molecule has 0 spiro atoms. The predicted octanol–water partition coefficient (Wildman–Crippen LogP) is 13.9. The molecule has 256 valence electrons. The molecule has 0 N–H and O–H groups in total. The maximum Gasteiger partial charge on any atom is 0.230 e. The van der Waals surface area contributed by atoms with Gasteiger partial charge in [0.1, 0.15) is 6.17 Å². The Kier molecular flexibility index (Phi) is 24.0. The average Bonchev–Trinajstić information content (AvgIpc) is 3.59. The summed E-state index contributed by atoms with van der Waals surface area (Å²) in [6.07, 6.45) is 35.2. The van der Waals surface area contributed by atoms with Crippen LogP contribution in [0.1, 0.15) is 187 Å². The van der Waals surface area contributed by atoms with Gasteiger partial charge in [-0.1, -0.05) is 165 Å². The van der Waals surface area contributed by atoms with E-state index in [1.807, 2.05) is 21.8 Å². The van der Waals surface area contributed by atoms with Gasteiger partial charge in [0.05, 0.1) is 0 Å². The Morgan fingerprint density at radius 2 is 0.867 bits per heavy atom. The summed E-state index contributed by atoms with van der Waals surface area (Å²) < 4.78 is 5.31. The maximum atomic E-state index is 5.82. The van der Waals surface area contributed by atoms with Crippen LogP contribution in [0.5, 0.6) is 0 Å². The third kappa shape index (κ3) is 18.1. The third-order valence-electron chi connectivity index (χ3n) is 8.28. The second kappa shape index (κ2) is 26.9. The maximum absolute atomic E-state index is 5.82. The zero-order valence-corrected chi connectivity index (χ0v) is 32.0. The minimum absolute atomic E-state index is 0.142. The predicted molar refractivity (Wildman–Crippen MR) is 205 cm³/mol. The number of aromatic nitrogens is 4. The molecule has 0 saturated carbocycles. The molecule has 0 aliphatic carbocycles. The highest BCUT2D eigenvalue weighted by atomic mass is 32.2. The zero-order chi connectivity index (χ0) is 32.4. The molecule has 2 aromatic heterocycles. The third-order valence-corrected chi connectivity index (χ3v) is 10.6. The van der Waals surface area contributed by atoms with E-state index in [0.717, 1.165) is 43.9 Å². The number of hydrogen-bond acceptors (Lipinski definition) is 8. The lowest BCUT2D eigenvalue weighted by Gasteiger charge is -2.17. The Labute approximate surface area is 293 Å². The first-order valence-electron chi connectivity index (χ1n) is 18.3. The molecular formula is C35H62N6S4. The van der Waals surface area contributed by atoms with Gasteiger partial charge in [-0.3, -0.25) is 0 Å². The Bertz CT molecular complexity index is 1080. The van der Waals surface area contributed by atoms with Crippen LogP contribution in [0, 0.1) is 7.91 Å². The van der Waals surface area contributed by atoms with Crippen molar-refractivity contribution in [3.63, 3.8) is 0 Å². The van der Waals surface area contributed by atoms with Gasteiger partial charge in [-0.2, -0.15) is 0 Å². The molecule has 0 bridgehead atoms. The fourth-order valence-electron chi connectivity index (χ4n) is 5.52. The quantitative estimate of drug-likeness (QED) is 0.0483. The molecule has 45 heavy (non-hydrogen) atoms. The van der Waals surface area contributed by atoms with E-state index in [0.29, 0.717) is 0 Å². The lowest BCUT2D eigenvalue weighted by atomic mass is 10.1. The smallest absolute Gasteiger partial charge is 0.230 e. The molecule has 0 amide bonds. The van der Waals surface area contributed by atoms with Crippen LogP contribution in [0.4, 0.5) is 10.3 Å². The van der Waals surface area contributed by atoms with Crippen LogP contribution in [0.3, 0.4) is 0 Å². The fraction of sp³-hybridized carbons (Fsp3) is 0.829. The van der Waals surface area contributed by atoms with Gasteiger partial charge in [-0.25, -0.2) is 19.3 Å². The second-order valence-electron chi connectivity index (χ2n) is 12.4. The standard InChI is InChI=1S/C35H62N6S4/c1-4-7-10-13-16-19-22-25-28-31(40-34(42)44-32(38-40)36-29-26-23-20-17-14-11-8-5-2)41-35(43)45-33(39-41)37-30-27-24-21-18-15-12-9-6-3/h29-31H,4-28H2,1-3H3/b36-29+,37-30+. The van der Waals surface area contributed by atoms with Crippen molar-refractivity contribution in [2.75, 3.05) is 0 Å². The van der Waals surface area contributed by atoms with Crippen molar-refractivity contribution in [2.24, 2.45) is 9.98 Å². The monoisotopic (exact) mass is 694 g/mol. The molecule has 0 saturated heterocycles. The first kappa shape index (κ1) is 40.1. The summed E-state index contributed by atoms with van der Waals surface area (Å²) in [5, 5.41) is 11.2. The second-order valence-corrected chi connectivity index (χ2v) is 15.6. The van der Waals surface area contributed by atoms with E-state index in [1.54, 1.807) is 0 Å². The van der Waals surface area contributed by atoms with Crippen molar-refractivity contribution in [2.45, 2.75) is 187 Å². The van der Waals surface area contributed by atoms with Crippen LogP contribution < -0.4 is 0 Å². The van der Waals surface area contributed by atoms with Crippen LogP contribution in [0.15, 0.2) is 9.98 Å². The van der Waals surface area contributed by atoms with Crippen molar-refractivity contribution in [3.8, 4) is 0 Å². The van der Waals surface area contributed by atoms with Crippen LogP contribution in [0.2, 0.25) is 0 Å². The first-order chi connectivity index (χ1) is 22.1. The molecule has 2 aromatic rings. The Balaban J connectivity index is 2.00. The van der Waals surface area contributed by atoms with Gasteiger partial charge in [0.15, 0.2) is 7.91 Å². The van der Waals surface area contributed by atoms with Gasteiger partial charge in [0, 0.05) is 12.4 Å². The summed E-state index contributed by atoms with van der Waals surface area (Å²) in [6, 6.07) is 0. The molecule has 6 nitrogen and oxygen atoms in total. The van der Waals surface area contributed by atoms with E-state index >= 15 is 0 Å². The molecule has 0 radical (unpaired) electrons. The van der Waals surface area contributed by atoms with Crippen LogP contribution >= 0.6 is 47.1 Å². The van der Waals surface area contributed by atoms with Crippen LogP contribution in [-0.2, 0) is 0 Å². The molecule has 0 aliphatic rings. The highest BCUT2D eigenvalue weighted by molar-refractivity contribution is 7.73. The summed E-state index contributed by atoms with van der Waals surface area (Å²) in [5.74, 6) is 0. The van der Waals surface area contributed by atoms with Gasteiger partial charge < -0.3 is 0 Å². The SMILES string of the molecule is CCCCCCCCC/C=N/c1nn(C(CCCCCCCCCC)n2nc(/N=C/CCCCCCCCC)sc2=S)c(=S)s1. The minimum atomic E-state index is -0.142. The lowest BCUT2D eigenvalue weighted by molar-refractivity contribution is 0.323. The van der Waals surface area contributed by atoms with Crippen molar-refractivity contribution >= 4 is 69.8 Å². The number of nitrogens with zero attached hydrogens (tertiary/aromatic N) is 6. The van der Waals surface area contributed by atoms with Crippen molar-refractivity contribution in [1.29, 1.82) is 0 Å². The van der Waals surface area contributed by atoms with Crippen molar-refractivity contribution < 1.29 is 0 Å². The van der Waals surface area contributed by atoms with Gasteiger partial charge >= 0.3 is 0 Å². The Morgan fingerprint density at radius 1 is 0.533 bits per heavy atom. The molecule has 0 aliphatic heterocycles. The summed E-state index contributed by atoms with van der Waals surface area (Å²) >= 11 is 14.6. The Hall–Kier alpha value is -1.10. The van der Waals surface area contributed by atoms with E-state index < -0.39 is 0 Å². The molecule has 2 rings (SSSR count). The van der Waals surface area contributed by atoms with Gasteiger partial charge in [-0.05, 0) is 63.0 Å². The number of hydrogen-bond donors (Lipinski definition) is 0. The van der Waals surface area contributed by atoms with Gasteiger partial charge in [0.2, 0.25) is 10.3 Å². The lowest BCUT2D eigenvalue weighted by Crippen LogP contribution is -2.20. The topological polar surface area (TPSA) is 60.4 Å². The van der Waals surface area contributed by atoms with Crippen molar-refractivity contribution in [1.82, 2.24) is 19.6 Å². The highest BCUT2D eigenvalue weighted by Gasteiger charge is 2.20. The summed E-state index contributed by atoms with van der Waals surface area (Å²) in [6.45, 7) is 6.80. The normalized spacial score (nSPS) is 12.1. The largest absolute Gasteiger partial charge is 0.231 e. The molecule has 0 fully saturated rings. The Morgan fingerprint density at radius 3 is 1.24 bits per heavy atom. The van der Waals surface area contributed by atoms with Gasteiger partial charge in [-0.15, -0.1) is 10.2 Å². The first-order valence-corrected chi connectivity index (χ1v) is 20.8. The van der Waals surface area contributed by atoms with Crippen molar-refractivity contribution in [3.05, 3.63) is 7.91 Å². The van der Waals surface area contributed by atoms with E-state index in [-0.39, 0.29) is 6.17 Å². The van der Waals surface area contributed by atoms with Gasteiger partial charge in [0.25, 0.3) is 0 Å². The molecule has 0 aromatic carbocycles. The van der Waals surface area contributed by atoms with E-state index in [4.69, 9.17) is 34.6 Å². The number of unbranched alkanes of at least 4 members (excludes halogenated alkanes) is 21. The molecular weight excluding hydrogens is 633 g/mol. The van der Waals surface area contributed by atoms with E-state index in [9.17, 15) is 0 Å². The molecule has 2 heterocycles. The molecule has 0 unspecified atom stereocenters. The zero-order valence-electron chi connectivity index (χ0n) is 28.7. The summed E-state index contributed by atoms with van der Waals surface area (Å²) in [4.78, 5) is 9.38. The average molecular weight is 695 g/mol. The van der Waals surface area contributed by atoms with Crippen LogP contribution in [-0.4, -0.2) is 32.0 Å². The van der Waals surface area contributed by atoms with E-state index in [2.05, 4.69) is 30.8 Å². The minimum Gasteiger partial charge on any atom is -0.231 e. The number of aliphatic imine (C=N–C) groups is 2. The fourth-order valence-corrected chi connectivity index (χ4v) is 7.63. The van der Waals surface area contributed by atoms with E-state index in [1.165, 1.54) is 158 Å². The summed E-state index contributed by atoms with van der Waals surface area (Å²) in [7, 11) is 0. The highest BCUT2D eigenvalue weighted by Crippen LogP contribution is 2.29.